The number of hydrogen-bond donors (Lipinski definition) is 1. The highest BCUT2D eigenvalue weighted by Gasteiger charge is 2.41. The van der Waals surface area contributed by atoms with Crippen molar-refractivity contribution in [1.82, 2.24) is 19.7 Å². The molecule has 1 aliphatic carbocycles. The second-order valence-electron chi connectivity index (χ2n) is 8.71. The zero-order chi connectivity index (χ0) is 20.2. The van der Waals surface area contributed by atoms with Gasteiger partial charge in [-0.25, -0.2) is 4.68 Å². The molecule has 0 amide bonds. The Balaban J connectivity index is 1.69. The maximum atomic E-state index is 13.2. The molecule has 0 fully saturated rings. The van der Waals surface area contributed by atoms with Crippen molar-refractivity contribution in [3.63, 3.8) is 0 Å². The lowest BCUT2D eigenvalue weighted by molar-refractivity contribution is -0.118. The Kier molecular flexibility index (Phi) is 3.91. The summed E-state index contributed by atoms with van der Waals surface area (Å²) < 4.78 is 1.86. The van der Waals surface area contributed by atoms with E-state index in [1.54, 1.807) is 12.4 Å². The lowest BCUT2D eigenvalue weighted by atomic mass is 9.73. The highest BCUT2D eigenvalue weighted by Crippen LogP contribution is 2.45. The molecule has 5 rings (SSSR count). The second kappa shape index (κ2) is 6.37. The maximum absolute atomic E-state index is 13.2. The predicted molar refractivity (Wildman–Crippen MR) is 111 cm³/mol. The Bertz CT molecular complexity index is 1130. The Hall–Kier alpha value is -3.28. The molecule has 0 radical (unpaired) electrons. The molecule has 146 valence electrons. The van der Waals surface area contributed by atoms with Gasteiger partial charge in [-0.05, 0) is 36.5 Å². The molecule has 6 nitrogen and oxygen atoms in total. The molecule has 0 saturated heterocycles. The average Bonchev–Trinajstić information content (AvgIpc) is 3.10. The van der Waals surface area contributed by atoms with Gasteiger partial charge in [-0.1, -0.05) is 43.7 Å². The molecule has 1 aromatic carbocycles. The van der Waals surface area contributed by atoms with Crippen LogP contribution in [0.1, 0.15) is 43.9 Å². The van der Waals surface area contributed by atoms with E-state index in [1.807, 2.05) is 16.8 Å². The van der Waals surface area contributed by atoms with Gasteiger partial charge in [0.15, 0.2) is 11.6 Å². The average molecular weight is 385 g/mol. The lowest BCUT2D eigenvalue weighted by Crippen LogP contribution is -2.36. The van der Waals surface area contributed by atoms with Gasteiger partial charge in [0.1, 0.15) is 6.04 Å². The Morgan fingerprint density at radius 3 is 2.52 bits per heavy atom. The number of nitrogens with zero attached hydrogens (tertiary/aromatic N) is 4. The molecule has 0 spiro atoms. The zero-order valence-electron chi connectivity index (χ0n) is 16.8. The molecule has 1 aliphatic heterocycles. The van der Waals surface area contributed by atoms with Crippen LogP contribution in [0.2, 0.25) is 0 Å². The first-order chi connectivity index (χ1) is 13.9. The number of ketones is 1. The second-order valence-corrected chi connectivity index (χ2v) is 8.71. The lowest BCUT2D eigenvalue weighted by Gasteiger charge is -2.38. The number of hydrogen-bond acceptors (Lipinski definition) is 5. The molecule has 1 N–H and O–H groups in total. The fourth-order valence-corrected chi connectivity index (χ4v) is 4.29. The van der Waals surface area contributed by atoms with Crippen LogP contribution in [0, 0.1) is 12.3 Å². The number of pyridine rings is 1. The van der Waals surface area contributed by atoms with Crippen molar-refractivity contribution in [3.05, 3.63) is 71.2 Å². The van der Waals surface area contributed by atoms with E-state index in [9.17, 15) is 4.79 Å². The van der Waals surface area contributed by atoms with Crippen molar-refractivity contribution in [2.75, 3.05) is 5.32 Å². The first-order valence-electron chi connectivity index (χ1n) is 9.88. The number of Topliss-reactive ketones (excluding diaryl/α,β-unsaturated/α-hetero) is 1. The van der Waals surface area contributed by atoms with Crippen LogP contribution < -0.4 is 5.32 Å². The standard InChI is InChI=1S/C23H23N5O/c1-14-4-6-15(7-5-14)20-19-17(12-23(2,3)13-18(19)29)25-22-26-21(27-28(20)22)16-8-10-24-11-9-16/h4-11,20H,12-13H2,1-3H3,(H,25,26,27)/t20-/m0/s1. The highest BCUT2D eigenvalue weighted by molar-refractivity contribution is 6.00. The molecule has 2 aromatic heterocycles. The number of aryl methyl sites for hydroxylation is 1. The van der Waals surface area contributed by atoms with E-state index in [1.165, 1.54) is 5.56 Å². The molecule has 1 atom stereocenters. The molecule has 29 heavy (non-hydrogen) atoms. The van der Waals surface area contributed by atoms with Crippen LogP contribution in [-0.2, 0) is 4.79 Å². The summed E-state index contributed by atoms with van der Waals surface area (Å²) in [5.74, 6) is 1.48. The van der Waals surface area contributed by atoms with Crippen molar-refractivity contribution in [1.29, 1.82) is 0 Å². The highest BCUT2D eigenvalue weighted by atomic mass is 16.1. The topological polar surface area (TPSA) is 72.7 Å². The van der Waals surface area contributed by atoms with Crippen molar-refractivity contribution in [3.8, 4) is 11.4 Å². The zero-order valence-corrected chi connectivity index (χ0v) is 16.8. The van der Waals surface area contributed by atoms with E-state index in [4.69, 9.17) is 10.1 Å². The quantitative estimate of drug-likeness (QED) is 0.712. The fourth-order valence-electron chi connectivity index (χ4n) is 4.29. The largest absolute Gasteiger partial charge is 0.328 e. The fraction of sp³-hybridized carbons (Fsp3) is 0.304. The molecule has 0 saturated carbocycles. The monoisotopic (exact) mass is 385 g/mol. The summed E-state index contributed by atoms with van der Waals surface area (Å²) in [7, 11) is 0. The molecule has 6 heteroatoms. The summed E-state index contributed by atoms with van der Waals surface area (Å²) in [6, 6.07) is 11.8. The van der Waals surface area contributed by atoms with E-state index in [2.05, 4.69) is 55.3 Å². The summed E-state index contributed by atoms with van der Waals surface area (Å²) in [4.78, 5) is 22.0. The van der Waals surface area contributed by atoms with Gasteiger partial charge in [0.25, 0.3) is 0 Å². The molecule has 0 bridgehead atoms. The number of benzene rings is 1. The third kappa shape index (κ3) is 3.05. The molecular weight excluding hydrogens is 362 g/mol. The van der Waals surface area contributed by atoms with Crippen LogP contribution in [0.5, 0.6) is 0 Å². The van der Waals surface area contributed by atoms with Gasteiger partial charge in [0, 0.05) is 35.6 Å². The normalized spacial score (nSPS) is 20.1. The van der Waals surface area contributed by atoms with E-state index in [0.717, 1.165) is 28.8 Å². The number of rotatable bonds is 2. The molecule has 0 unspecified atom stereocenters. The SMILES string of the molecule is Cc1ccc([C@H]2C3=C(CC(C)(C)CC3=O)Nc3nc(-c4ccncc4)nn32)cc1. The van der Waals surface area contributed by atoms with Crippen molar-refractivity contribution in [2.24, 2.45) is 5.41 Å². The Morgan fingerprint density at radius 1 is 1.07 bits per heavy atom. The summed E-state index contributed by atoms with van der Waals surface area (Å²) in [5, 5.41) is 8.21. The van der Waals surface area contributed by atoms with Gasteiger partial charge < -0.3 is 5.32 Å². The smallest absolute Gasteiger partial charge is 0.226 e. The molecule has 3 heterocycles. The number of nitrogens with one attached hydrogen (secondary N) is 1. The number of carbonyl (C=O) groups is 1. The maximum Gasteiger partial charge on any atom is 0.226 e. The van der Waals surface area contributed by atoms with Crippen LogP contribution in [0.4, 0.5) is 5.95 Å². The Labute approximate surface area is 169 Å². The summed E-state index contributed by atoms with van der Waals surface area (Å²) >= 11 is 0. The van der Waals surface area contributed by atoms with Crippen LogP contribution in [0.3, 0.4) is 0 Å². The predicted octanol–water partition coefficient (Wildman–Crippen LogP) is 4.31. The first-order valence-corrected chi connectivity index (χ1v) is 9.88. The van der Waals surface area contributed by atoms with Gasteiger partial charge in [-0.3, -0.25) is 9.78 Å². The summed E-state index contributed by atoms with van der Waals surface area (Å²) in [6.07, 6.45) is 4.82. The van der Waals surface area contributed by atoms with Gasteiger partial charge >= 0.3 is 0 Å². The van der Waals surface area contributed by atoms with E-state index < -0.39 is 0 Å². The minimum Gasteiger partial charge on any atom is -0.328 e. The van der Waals surface area contributed by atoms with Gasteiger partial charge in [-0.15, -0.1) is 5.10 Å². The third-order valence-electron chi connectivity index (χ3n) is 5.66. The third-order valence-corrected chi connectivity index (χ3v) is 5.66. The number of anilines is 1. The van der Waals surface area contributed by atoms with Crippen LogP contribution in [-0.4, -0.2) is 25.5 Å². The van der Waals surface area contributed by atoms with Crippen LogP contribution in [0.25, 0.3) is 11.4 Å². The minimum atomic E-state index is -0.270. The van der Waals surface area contributed by atoms with Crippen molar-refractivity contribution >= 4 is 11.7 Å². The minimum absolute atomic E-state index is 0.0726. The molecule has 2 aliphatic rings. The van der Waals surface area contributed by atoms with Crippen molar-refractivity contribution < 1.29 is 4.79 Å². The van der Waals surface area contributed by atoms with E-state index >= 15 is 0 Å². The first kappa shape index (κ1) is 17.8. The van der Waals surface area contributed by atoms with Crippen LogP contribution in [0.15, 0.2) is 60.1 Å². The van der Waals surface area contributed by atoms with E-state index in [-0.39, 0.29) is 17.2 Å². The van der Waals surface area contributed by atoms with Crippen molar-refractivity contribution in [2.45, 2.75) is 39.7 Å². The van der Waals surface area contributed by atoms with E-state index in [0.29, 0.717) is 18.2 Å². The molecular formula is C23H23N5O. The number of fused-ring (bicyclic) bond motifs is 1. The van der Waals surface area contributed by atoms with Gasteiger partial charge in [0.2, 0.25) is 5.95 Å². The summed E-state index contributed by atoms with van der Waals surface area (Å²) in [6.45, 7) is 6.34. The van der Waals surface area contributed by atoms with Gasteiger partial charge in [-0.2, -0.15) is 4.98 Å². The van der Waals surface area contributed by atoms with Gasteiger partial charge in [0.05, 0.1) is 0 Å². The van der Waals surface area contributed by atoms with Crippen LogP contribution >= 0.6 is 0 Å². The number of aromatic nitrogens is 4. The summed E-state index contributed by atoms with van der Waals surface area (Å²) in [5.41, 5.74) is 4.84. The Morgan fingerprint density at radius 2 is 1.79 bits per heavy atom. The molecule has 3 aromatic rings. The number of allylic oxidation sites excluding steroid dienone is 2. The number of carbonyl (C=O) groups excluding carboxylic acids is 1.